The van der Waals surface area contributed by atoms with E-state index in [-0.39, 0.29) is 5.91 Å². The summed E-state index contributed by atoms with van der Waals surface area (Å²) in [5, 5.41) is 0. The molecule has 2 aromatic rings. The van der Waals surface area contributed by atoms with Crippen LogP contribution in [0.25, 0.3) is 0 Å². The van der Waals surface area contributed by atoms with Crippen LogP contribution in [0.1, 0.15) is 21.7 Å². The molecule has 5 heteroatoms. The Morgan fingerprint density at radius 1 is 1.29 bits per heavy atom. The largest absolute Gasteiger partial charge is 0.459 e. The van der Waals surface area contributed by atoms with Crippen molar-refractivity contribution >= 4 is 5.91 Å². The number of carbonyl (C=O) groups is 1. The quantitative estimate of drug-likeness (QED) is 0.865. The van der Waals surface area contributed by atoms with Gasteiger partial charge in [0.2, 0.25) is 0 Å². The monoisotopic (exact) mass is 285 g/mol. The van der Waals surface area contributed by atoms with Gasteiger partial charge < -0.3 is 9.32 Å². The minimum atomic E-state index is -0.00136. The lowest BCUT2D eigenvalue weighted by molar-refractivity contribution is 0.0596. The third-order valence-electron chi connectivity index (χ3n) is 3.84. The smallest absolute Gasteiger partial charge is 0.289 e. The Morgan fingerprint density at radius 3 is 2.71 bits per heavy atom. The fraction of sp³-hybridized carbons (Fsp3) is 0.375. The molecule has 3 heterocycles. The Bertz CT molecular complexity index is 601. The fourth-order valence-corrected chi connectivity index (χ4v) is 2.59. The Hall–Kier alpha value is -2.14. The molecule has 0 spiro atoms. The molecule has 1 aliphatic heterocycles. The molecular weight excluding hydrogens is 266 g/mol. The summed E-state index contributed by atoms with van der Waals surface area (Å²) in [7, 11) is 0. The lowest BCUT2D eigenvalue weighted by Crippen LogP contribution is -2.48. The van der Waals surface area contributed by atoms with Crippen LogP contribution in [-0.4, -0.2) is 46.9 Å². The highest BCUT2D eigenvalue weighted by Crippen LogP contribution is 2.14. The zero-order valence-electron chi connectivity index (χ0n) is 12.2. The van der Waals surface area contributed by atoms with Gasteiger partial charge in [0.1, 0.15) is 0 Å². The summed E-state index contributed by atoms with van der Waals surface area (Å²) in [6.07, 6.45) is 5.25. The molecular formula is C16H19N3O2. The van der Waals surface area contributed by atoms with E-state index in [4.69, 9.17) is 4.42 Å². The van der Waals surface area contributed by atoms with Crippen molar-refractivity contribution in [3.63, 3.8) is 0 Å². The summed E-state index contributed by atoms with van der Waals surface area (Å²) in [6, 6.07) is 5.86. The van der Waals surface area contributed by atoms with Gasteiger partial charge >= 0.3 is 0 Å². The average Bonchev–Trinajstić information content (AvgIpc) is 2.94. The molecule has 21 heavy (non-hydrogen) atoms. The van der Waals surface area contributed by atoms with Crippen LogP contribution in [0.15, 0.2) is 41.3 Å². The van der Waals surface area contributed by atoms with Crippen molar-refractivity contribution in [3.8, 4) is 0 Å². The van der Waals surface area contributed by atoms with Crippen LogP contribution < -0.4 is 0 Å². The minimum Gasteiger partial charge on any atom is -0.459 e. The summed E-state index contributed by atoms with van der Waals surface area (Å²) in [4.78, 5) is 20.7. The Balaban J connectivity index is 1.56. The van der Waals surface area contributed by atoms with Gasteiger partial charge in [-0.15, -0.1) is 0 Å². The Kier molecular flexibility index (Phi) is 4.01. The summed E-state index contributed by atoms with van der Waals surface area (Å²) < 4.78 is 5.29. The van der Waals surface area contributed by atoms with Gasteiger partial charge in [0.25, 0.3) is 5.91 Å². The molecule has 1 amide bonds. The number of piperazine rings is 1. The van der Waals surface area contributed by atoms with Crippen LogP contribution in [0.2, 0.25) is 0 Å². The van der Waals surface area contributed by atoms with Crippen molar-refractivity contribution in [1.29, 1.82) is 0 Å². The van der Waals surface area contributed by atoms with E-state index in [0.717, 1.165) is 38.3 Å². The normalized spacial score (nSPS) is 16.1. The summed E-state index contributed by atoms with van der Waals surface area (Å²) in [6.45, 7) is 6.00. The van der Waals surface area contributed by atoms with E-state index in [1.807, 2.05) is 30.2 Å². The highest BCUT2D eigenvalue weighted by atomic mass is 16.3. The molecule has 0 aromatic carbocycles. The molecule has 3 rings (SSSR count). The molecule has 5 nitrogen and oxygen atoms in total. The molecule has 0 bridgehead atoms. The average molecular weight is 285 g/mol. The molecule has 0 atom stereocenters. The van der Waals surface area contributed by atoms with Crippen molar-refractivity contribution in [1.82, 2.24) is 14.8 Å². The van der Waals surface area contributed by atoms with Gasteiger partial charge in [-0.1, -0.05) is 6.07 Å². The SMILES string of the molecule is Cc1ccoc1C(=O)N1CCN(Cc2cccnc2)CC1. The molecule has 0 unspecified atom stereocenters. The zero-order chi connectivity index (χ0) is 14.7. The van der Waals surface area contributed by atoms with E-state index in [1.54, 1.807) is 12.5 Å². The molecule has 0 radical (unpaired) electrons. The number of furan rings is 1. The van der Waals surface area contributed by atoms with Crippen molar-refractivity contribution < 1.29 is 9.21 Å². The highest BCUT2D eigenvalue weighted by Gasteiger charge is 2.24. The van der Waals surface area contributed by atoms with Gasteiger partial charge in [-0.3, -0.25) is 14.7 Å². The predicted octanol–water partition coefficient (Wildman–Crippen LogP) is 1.94. The predicted molar refractivity (Wildman–Crippen MR) is 78.9 cm³/mol. The minimum absolute atomic E-state index is 0.00136. The van der Waals surface area contributed by atoms with Gasteiger partial charge in [-0.2, -0.15) is 0 Å². The fourth-order valence-electron chi connectivity index (χ4n) is 2.59. The van der Waals surface area contributed by atoms with Crippen LogP contribution in [-0.2, 0) is 6.54 Å². The summed E-state index contributed by atoms with van der Waals surface area (Å²) >= 11 is 0. The van der Waals surface area contributed by atoms with E-state index >= 15 is 0 Å². The number of aryl methyl sites for hydroxylation is 1. The second-order valence-corrected chi connectivity index (χ2v) is 5.36. The van der Waals surface area contributed by atoms with Crippen LogP contribution >= 0.6 is 0 Å². The number of amides is 1. The maximum atomic E-state index is 12.4. The van der Waals surface area contributed by atoms with E-state index in [9.17, 15) is 4.79 Å². The maximum absolute atomic E-state index is 12.4. The van der Waals surface area contributed by atoms with Gasteiger partial charge in [0.05, 0.1) is 6.26 Å². The van der Waals surface area contributed by atoms with Gasteiger partial charge in [0, 0.05) is 50.7 Å². The third-order valence-corrected chi connectivity index (χ3v) is 3.84. The highest BCUT2D eigenvalue weighted by molar-refractivity contribution is 5.92. The topological polar surface area (TPSA) is 49.6 Å². The first-order valence-corrected chi connectivity index (χ1v) is 7.18. The second kappa shape index (κ2) is 6.10. The lowest BCUT2D eigenvalue weighted by Gasteiger charge is -2.34. The second-order valence-electron chi connectivity index (χ2n) is 5.36. The molecule has 0 aliphatic carbocycles. The van der Waals surface area contributed by atoms with E-state index < -0.39 is 0 Å². The number of pyridine rings is 1. The molecule has 1 fully saturated rings. The Labute approximate surface area is 124 Å². The van der Waals surface area contributed by atoms with Crippen molar-refractivity contribution in [2.24, 2.45) is 0 Å². The lowest BCUT2D eigenvalue weighted by atomic mass is 10.2. The number of rotatable bonds is 3. The van der Waals surface area contributed by atoms with Gasteiger partial charge in [0.15, 0.2) is 5.76 Å². The van der Waals surface area contributed by atoms with Crippen molar-refractivity contribution in [2.75, 3.05) is 26.2 Å². The first kappa shape index (κ1) is 13.8. The maximum Gasteiger partial charge on any atom is 0.289 e. The summed E-state index contributed by atoms with van der Waals surface area (Å²) in [5.74, 6) is 0.467. The van der Waals surface area contributed by atoms with Crippen molar-refractivity contribution in [3.05, 3.63) is 53.7 Å². The number of hydrogen-bond acceptors (Lipinski definition) is 4. The summed E-state index contributed by atoms with van der Waals surface area (Å²) in [5.41, 5.74) is 2.11. The molecule has 2 aromatic heterocycles. The first-order valence-electron chi connectivity index (χ1n) is 7.18. The zero-order valence-corrected chi connectivity index (χ0v) is 12.2. The van der Waals surface area contributed by atoms with Crippen LogP contribution in [0, 0.1) is 6.92 Å². The van der Waals surface area contributed by atoms with Crippen LogP contribution in [0.3, 0.4) is 0 Å². The molecule has 1 saturated heterocycles. The van der Waals surface area contributed by atoms with Crippen LogP contribution in [0.5, 0.6) is 0 Å². The van der Waals surface area contributed by atoms with E-state index in [2.05, 4.69) is 16.0 Å². The Morgan fingerprint density at radius 2 is 2.10 bits per heavy atom. The molecule has 0 saturated carbocycles. The van der Waals surface area contributed by atoms with E-state index in [1.165, 1.54) is 5.56 Å². The standard InChI is InChI=1S/C16H19N3O2/c1-13-4-10-21-15(13)16(20)19-8-6-18(7-9-19)12-14-3-2-5-17-11-14/h2-5,10-11H,6-9,12H2,1H3. The van der Waals surface area contributed by atoms with E-state index in [0.29, 0.717) is 5.76 Å². The first-order chi connectivity index (χ1) is 10.2. The van der Waals surface area contributed by atoms with Crippen molar-refractivity contribution in [2.45, 2.75) is 13.5 Å². The molecule has 1 aliphatic rings. The van der Waals surface area contributed by atoms with Gasteiger partial charge in [-0.05, 0) is 24.6 Å². The van der Waals surface area contributed by atoms with Gasteiger partial charge in [-0.25, -0.2) is 0 Å². The number of nitrogens with zero attached hydrogens (tertiary/aromatic N) is 3. The number of carbonyl (C=O) groups excluding carboxylic acids is 1. The number of hydrogen-bond donors (Lipinski definition) is 0. The molecule has 110 valence electrons. The molecule has 0 N–H and O–H groups in total. The van der Waals surface area contributed by atoms with Crippen LogP contribution in [0.4, 0.5) is 0 Å². The third kappa shape index (κ3) is 3.13. The number of aromatic nitrogens is 1.